The molecule has 146 valence electrons. The molecular formula is C17H22N4O3S3. The number of hydrogen-bond acceptors (Lipinski definition) is 9. The number of carbonyl (C=O) groups excluding carboxylic acids is 2. The van der Waals surface area contributed by atoms with Gasteiger partial charge in [0, 0.05) is 4.88 Å². The lowest BCUT2D eigenvalue weighted by Crippen LogP contribution is -2.19. The van der Waals surface area contributed by atoms with E-state index < -0.39 is 0 Å². The summed E-state index contributed by atoms with van der Waals surface area (Å²) in [4.78, 5) is 26.2. The Morgan fingerprint density at radius 3 is 2.81 bits per heavy atom. The molecule has 27 heavy (non-hydrogen) atoms. The van der Waals surface area contributed by atoms with E-state index in [0.717, 1.165) is 24.8 Å². The Balaban J connectivity index is 1.76. The molecule has 0 bridgehead atoms. The van der Waals surface area contributed by atoms with Gasteiger partial charge in [0.05, 0.1) is 17.4 Å². The van der Waals surface area contributed by atoms with Gasteiger partial charge >= 0.3 is 5.97 Å². The number of amides is 1. The van der Waals surface area contributed by atoms with Gasteiger partial charge in [0.2, 0.25) is 11.0 Å². The lowest BCUT2D eigenvalue weighted by Gasteiger charge is -2.18. The monoisotopic (exact) mass is 426 g/mol. The molecule has 1 atom stereocenters. The molecule has 1 amide bonds. The van der Waals surface area contributed by atoms with Gasteiger partial charge < -0.3 is 15.8 Å². The number of nitrogens with one attached hydrogen (secondary N) is 1. The first kappa shape index (κ1) is 20.1. The summed E-state index contributed by atoms with van der Waals surface area (Å²) in [5, 5.41) is 11.5. The van der Waals surface area contributed by atoms with Crippen LogP contribution in [0, 0.1) is 5.92 Å². The highest BCUT2D eigenvalue weighted by Crippen LogP contribution is 2.40. The van der Waals surface area contributed by atoms with Crippen molar-refractivity contribution in [2.45, 2.75) is 50.5 Å². The quantitative estimate of drug-likeness (QED) is 0.537. The number of anilines is 2. The van der Waals surface area contributed by atoms with Gasteiger partial charge in [-0.05, 0) is 44.6 Å². The van der Waals surface area contributed by atoms with Crippen molar-refractivity contribution in [1.29, 1.82) is 0 Å². The van der Waals surface area contributed by atoms with E-state index in [9.17, 15) is 9.59 Å². The molecule has 0 saturated carbocycles. The van der Waals surface area contributed by atoms with Gasteiger partial charge in [-0.15, -0.1) is 21.5 Å². The molecule has 3 N–H and O–H groups in total. The summed E-state index contributed by atoms with van der Waals surface area (Å²) in [6.07, 6.45) is 2.59. The molecule has 1 unspecified atom stereocenters. The number of rotatable bonds is 6. The molecule has 2 aromatic heterocycles. The van der Waals surface area contributed by atoms with Crippen LogP contribution >= 0.6 is 34.4 Å². The zero-order chi connectivity index (χ0) is 19.6. The first-order chi connectivity index (χ1) is 12.8. The molecule has 0 fully saturated rings. The maximum Gasteiger partial charge on any atom is 0.341 e. The Morgan fingerprint density at radius 1 is 1.37 bits per heavy atom. The number of thioether (sulfide) groups is 1. The number of esters is 1. The lowest BCUT2D eigenvalue weighted by atomic mass is 9.88. The van der Waals surface area contributed by atoms with E-state index in [0.29, 0.717) is 26.0 Å². The third-order valence-corrected chi connectivity index (χ3v) is 7.12. The van der Waals surface area contributed by atoms with E-state index in [1.807, 2.05) is 13.8 Å². The van der Waals surface area contributed by atoms with E-state index >= 15 is 0 Å². The second kappa shape index (κ2) is 8.57. The van der Waals surface area contributed by atoms with Crippen molar-refractivity contribution in [3.8, 4) is 0 Å². The first-order valence-corrected chi connectivity index (χ1v) is 11.3. The summed E-state index contributed by atoms with van der Waals surface area (Å²) in [5.74, 6) is 0.190. The number of fused-ring (bicyclic) bond motifs is 1. The summed E-state index contributed by atoms with van der Waals surface area (Å²) < 4.78 is 6.06. The molecular weight excluding hydrogens is 404 g/mol. The average molecular weight is 427 g/mol. The maximum atomic E-state index is 12.7. The molecule has 1 aliphatic rings. The van der Waals surface area contributed by atoms with Gasteiger partial charge in [-0.1, -0.05) is 30.0 Å². The van der Waals surface area contributed by atoms with Crippen LogP contribution < -0.4 is 11.1 Å². The Morgan fingerprint density at radius 2 is 2.15 bits per heavy atom. The topological polar surface area (TPSA) is 107 Å². The number of hydrogen-bond donors (Lipinski definition) is 2. The fourth-order valence-electron chi connectivity index (χ4n) is 2.90. The van der Waals surface area contributed by atoms with Crippen LogP contribution in [0.1, 0.15) is 48.0 Å². The summed E-state index contributed by atoms with van der Waals surface area (Å²) in [7, 11) is 0. The van der Waals surface area contributed by atoms with E-state index in [1.165, 1.54) is 39.3 Å². The van der Waals surface area contributed by atoms with Crippen molar-refractivity contribution in [2.24, 2.45) is 5.92 Å². The fraction of sp³-hybridized carbons (Fsp3) is 0.529. The molecule has 0 spiro atoms. The number of nitrogens with two attached hydrogens (primary N) is 1. The van der Waals surface area contributed by atoms with E-state index in [1.54, 1.807) is 0 Å². The smallest absolute Gasteiger partial charge is 0.341 e. The molecule has 3 rings (SSSR count). The Hall–Kier alpha value is -1.65. The van der Waals surface area contributed by atoms with Crippen molar-refractivity contribution < 1.29 is 14.3 Å². The van der Waals surface area contributed by atoms with E-state index in [4.69, 9.17) is 10.5 Å². The van der Waals surface area contributed by atoms with Crippen molar-refractivity contribution in [3.63, 3.8) is 0 Å². The van der Waals surface area contributed by atoms with Crippen LogP contribution in [-0.2, 0) is 22.4 Å². The normalized spacial score (nSPS) is 16.2. The number of nitrogen functional groups attached to an aromatic ring is 1. The van der Waals surface area contributed by atoms with Crippen LogP contribution in [0.4, 0.5) is 10.1 Å². The summed E-state index contributed by atoms with van der Waals surface area (Å²) in [6.45, 7) is 5.85. The molecule has 10 heteroatoms. The predicted molar refractivity (Wildman–Crippen MR) is 110 cm³/mol. The van der Waals surface area contributed by atoms with Crippen molar-refractivity contribution in [3.05, 3.63) is 16.0 Å². The minimum atomic E-state index is -0.364. The molecule has 2 aromatic rings. The minimum absolute atomic E-state index is 0.173. The van der Waals surface area contributed by atoms with Gasteiger partial charge in [-0.25, -0.2) is 4.79 Å². The summed E-state index contributed by atoms with van der Waals surface area (Å²) in [6, 6.07) is 0. The van der Waals surface area contributed by atoms with Crippen LogP contribution in [-0.4, -0.2) is 33.9 Å². The lowest BCUT2D eigenvalue weighted by molar-refractivity contribution is -0.113. The molecule has 0 saturated heterocycles. The van der Waals surface area contributed by atoms with Crippen LogP contribution in [0.3, 0.4) is 0 Å². The number of thiophene rings is 1. The van der Waals surface area contributed by atoms with Gasteiger partial charge in [-0.2, -0.15) is 0 Å². The number of nitrogens with zero attached hydrogens (tertiary/aromatic N) is 2. The van der Waals surface area contributed by atoms with Gasteiger partial charge in [0.15, 0.2) is 4.34 Å². The van der Waals surface area contributed by atoms with Crippen molar-refractivity contribution >= 4 is 56.4 Å². The third-order valence-electron chi connectivity index (χ3n) is 4.06. The van der Waals surface area contributed by atoms with Crippen LogP contribution in [0.2, 0.25) is 0 Å². The molecule has 0 radical (unpaired) electrons. The Bertz CT molecular complexity index is 847. The second-order valence-electron chi connectivity index (χ2n) is 6.75. The highest BCUT2D eigenvalue weighted by Gasteiger charge is 2.29. The van der Waals surface area contributed by atoms with E-state index in [-0.39, 0.29) is 23.7 Å². The van der Waals surface area contributed by atoms with Gasteiger partial charge in [0.1, 0.15) is 5.00 Å². The second-order valence-corrected chi connectivity index (χ2v) is 10.1. The largest absolute Gasteiger partial charge is 0.459 e. The molecule has 0 aliphatic heterocycles. The molecule has 0 aromatic carbocycles. The number of aromatic nitrogens is 2. The predicted octanol–water partition coefficient (Wildman–Crippen LogP) is 3.60. The zero-order valence-electron chi connectivity index (χ0n) is 15.4. The number of carbonyl (C=O) groups is 2. The average Bonchev–Trinajstić information content (AvgIpc) is 3.14. The van der Waals surface area contributed by atoms with E-state index in [2.05, 4.69) is 22.4 Å². The Kier molecular flexibility index (Phi) is 6.38. The maximum absolute atomic E-state index is 12.7. The third kappa shape index (κ3) is 4.99. The Labute approximate surface area is 170 Å². The van der Waals surface area contributed by atoms with Crippen LogP contribution in [0.25, 0.3) is 0 Å². The van der Waals surface area contributed by atoms with Crippen LogP contribution in [0.15, 0.2) is 4.34 Å². The first-order valence-electron chi connectivity index (χ1n) is 8.70. The van der Waals surface area contributed by atoms with Crippen LogP contribution in [0.5, 0.6) is 0 Å². The van der Waals surface area contributed by atoms with Crippen molar-refractivity contribution in [1.82, 2.24) is 10.2 Å². The summed E-state index contributed by atoms with van der Waals surface area (Å²) >= 11 is 4.00. The van der Waals surface area contributed by atoms with Crippen molar-refractivity contribution in [2.75, 3.05) is 16.8 Å². The number of ether oxygens (including phenoxy) is 1. The SMILES string of the molecule is CC1CCc2c(sc(NC(=O)CSc3nnc(N)s3)c2C(=O)OC(C)C)C1. The molecule has 7 nitrogen and oxygen atoms in total. The fourth-order valence-corrected chi connectivity index (χ4v) is 5.75. The highest BCUT2D eigenvalue weighted by molar-refractivity contribution is 8.01. The zero-order valence-corrected chi connectivity index (χ0v) is 17.9. The molecule has 2 heterocycles. The standard InChI is InChI=1S/C17H22N4O3S3/c1-8(2)24-15(23)13-10-5-4-9(3)6-11(10)26-14(13)19-12(22)7-25-17-21-20-16(18)27-17/h8-9H,4-7H2,1-3H3,(H2,18,20)(H,19,22). The van der Waals surface area contributed by atoms with Gasteiger partial charge in [0.25, 0.3) is 0 Å². The highest BCUT2D eigenvalue weighted by atomic mass is 32.2. The molecule has 1 aliphatic carbocycles. The summed E-state index contributed by atoms with van der Waals surface area (Å²) in [5.41, 5.74) is 7.10. The minimum Gasteiger partial charge on any atom is -0.459 e. The van der Waals surface area contributed by atoms with Gasteiger partial charge in [-0.3, -0.25) is 4.79 Å².